The number of hydrazone groups is 1. The van der Waals surface area contributed by atoms with E-state index in [-0.39, 0.29) is 12.3 Å². The Morgan fingerprint density at radius 3 is 2.74 bits per heavy atom. The summed E-state index contributed by atoms with van der Waals surface area (Å²) in [6, 6.07) is 13.3. The first-order valence-corrected chi connectivity index (χ1v) is 11.5. The molecule has 1 fully saturated rings. The number of hydrogen-bond donors (Lipinski definition) is 1. The summed E-state index contributed by atoms with van der Waals surface area (Å²) in [5, 5.41) is 4.40. The second-order valence-electron chi connectivity index (χ2n) is 8.31. The maximum atomic E-state index is 12.9. The molecule has 35 heavy (non-hydrogen) atoms. The molecule has 0 bridgehead atoms. The van der Waals surface area contributed by atoms with E-state index in [0.29, 0.717) is 60.8 Å². The van der Waals surface area contributed by atoms with Gasteiger partial charge in [0.2, 0.25) is 11.7 Å². The second kappa shape index (κ2) is 9.98. The van der Waals surface area contributed by atoms with Gasteiger partial charge in [-0.25, -0.2) is 4.98 Å². The van der Waals surface area contributed by atoms with Crippen LogP contribution < -0.4 is 10.3 Å². The van der Waals surface area contributed by atoms with Crippen molar-refractivity contribution in [3.63, 3.8) is 0 Å². The minimum absolute atomic E-state index is 0.0743. The van der Waals surface area contributed by atoms with Crippen molar-refractivity contribution in [1.82, 2.24) is 24.5 Å². The number of hydrogen-bond acceptors (Lipinski definition) is 9. The molecule has 1 aromatic carbocycles. The van der Waals surface area contributed by atoms with Gasteiger partial charge in [-0.1, -0.05) is 35.9 Å². The molecule has 4 heterocycles. The molecule has 1 saturated heterocycles. The molecule has 3 aromatic heterocycles. The second-order valence-corrected chi connectivity index (χ2v) is 8.31. The standard InChI is InChI=1S/C25H26N8O2/c1-17-6-5-7-19(14-17)15-27-31-23-22-24(30-25(29-23)32-10-12-35-13-11-32)33(18(2)28-22)16-21(34)20-8-3-4-9-26-20/h3-9,14-15H,10-13,16H2,1-2H3,(H,29,30,31)/b27-15+. The van der Waals surface area contributed by atoms with Crippen molar-refractivity contribution >= 4 is 34.9 Å². The highest BCUT2D eigenvalue weighted by Gasteiger charge is 2.22. The zero-order chi connectivity index (χ0) is 24.2. The lowest BCUT2D eigenvalue weighted by Crippen LogP contribution is -2.37. The van der Waals surface area contributed by atoms with Crippen LogP contribution in [0.1, 0.15) is 27.4 Å². The summed E-state index contributed by atoms with van der Waals surface area (Å²) in [4.78, 5) is 33.4. The Labute approximate surface area is 202 Å². The molecule has 10 heteroatoms. The Morgan fingerprint density at radius 2 is 1.97 bits per heavy atom. The van der Waals surface area contributed by atoms with Crippen molar-refractivity contribution in [1.29, 1.82) is 0 Å². The molecule has 1 N–H and O–H groups in total. The molecule has 0 aliphatic carbocycles. The van der Waals surface area contributed by atoms with Crippen molar-refractivity contribution in [2.75, 3.05) is 36.6 Å². The first-order chi connectivity index (χ1) is 17.1. The highest BCUT2D eigenvalue weighted by Crippen LogP contribution is 2.25. The van der Waals surface area contributed by atoms with Crippen LogP contribution >= 0.6 is 0 Å². The van der Waals surface area contributed by atoms with Crippen LogP contribution in [-0.2, 0) is 11.3 Å². The molecule has 4 aromatic rings. The third-order valence-corrected chi connectivity index (χ3v) is 5.75. The Balaban J connectivity index is 1.52. The fourth-order valence-electron chi connectivity index (χ4n) is 3.94. The number of fused-ring (bicyclic) bond motifs is 1. The zero-order valence-electron chi connectivity index (χ0n) is 19.7. The van der Waals surface area contributed by atoms with Crippen molar-refractivity contribution in [2.24, 2.45) is 5.10 Å². The summed E-state index contributed by atoms with van der Waals surface area (Å²) in [7, 11) is 0. The van der Waals surface area contributed by atoms with Gasteiger partial charge in [0.05, 0.1) is 26.0 Å². The van der Waals surface area contributed by atoms with E-state index in [2.05, 4.69) is 25.4 Å². The quantitative estimate of drug-likeness (QED) is 0.249. The number of nitrogens with one attached hydrogen (secondary N) is 1. The maximum absolute atomic E-state index is 12.9. The first kappa shape index (κ1) is 22.6. The molecule has 0 radical (unpaired) electrons. The number of imidazole rings is 1. The van der Waals surface area contributed by atoms with Crippen LogP contribution in [0.2, 0.25) is 0 Å². The Bertz CT molecular complexity index is 1380. The Kier molecular flexibility index (Phi) is 6.44. The lowest BCUT2D eigenvalue weighted by atomic mass is 10.2. The molecule has 0 spiro atoms. The molecular weight excluding hydrogens is 444 g/mol. The van der Waals surface area contributed by atoms with Gasteiger partial charge < -0.3 is 14.2 Å². The number of carbonyl (C=O) groups is 1. The van der Waals surface area contributed by atoms with E-state index < -0.39 is 0 Å². The summed E-state index contributed by atoms with van der Waals surface area (Å²) >= 11 is 0. The van der Waals surface area contributed by atoms with E-state index in [1.54, 1.807) is 35.2 Å². The molecule has 1 aliphatic heterocycles. The molecule has 10 nitrogen and oxygen atoms in total. The number of nitrogens with zero attached hydrogens (tertiary/aromatic N) is 7. The van der Waals surface area contributed by atoms with Gasteiger partial charge in [-0.15, -0.1) is 0 Å². The van der Waals surface area contributed by atoms with E-state index in [4.69, 9.17) is 14.7 Å². The van der Waals surface area contributed by atoms with Crippen LogP contribution in [-0.4, -0.2) is 62.8 Å². The number of morpholine rings is 1. The van der Waals surface area contributed by atoms with Gasteiger partial charge >= 0.3 is 0 Å². The fourth-order valence-corrected chi connectivity index (χ4v) is 3.94. The predicted octanol–water partition coefficient (Wildman–Crippen LogP) is 3.00. The number of benzene rings is 1. The molecule has 0 amide bonds. The lowest BCUT2D eigenvalue weighted by Gasteiger charge is -2.27. The molecule has 5 rings (SSSR count). The minimum Gasteiger partial charge on any atom is -0.378 e. The van der Waals surface area contributed by atoms with Crippen LogP contribution in [0.5, 0.6) is 0 Å². The minimum atomic E-state index is -0.119. The number of anilines is 2. The molecule has 0 atom stereocenters. The smallest absolute Gasteiger partial charge is 0.229 e. The Hall–Kier alpha value is -4.18. The first-order valence-electron chi connectivity index (χ1n) is 11.5. The predicted molar refractivity (Wildman–Crippen MR) is 134 cm³/mol. The normalized spacial score (nSPS) is 14.1. The van der Waals surface area contributed by atoms with E-state index in [1.807, 2.05) is 38.1 Å². The summed E-state index contributed by atoms with van der Waals surface area (Å²) in [5.41, 5.74) is 6.69. The molecule has 0 saturated carbocycles. The van der Waals surface area contributed by atoms with Crippen LogP contribution in [0, 0.1) is 13.8 Å². The van der Waals surface area contributed by atoms with Crippen molar-refractivity contribution < 1.29 is 9.53 Å². The van der Waals surface area contributed by atoms with Gasteiger partial charge in [-0.3, -0.25) is 15.2 Å². The van der Waals surface area contributed by atoms with Crippen molar-refractivity contribution in [2.45, 2.75) is 20.4 Å². The average molecular weight is 471 g/mol. The Morgan fingerprint density at radius 1 is 1.11 bits per heavy atom. The third-order valence-electron chi connectivity index (χ3n) is 5.75. The number of aromatic nitrogens is 5. The molecular formula is C25H26N8O2. The lowest BCUT2D eigenvalue weighted by molar-refractivity contribution is 0.0967. The van der Waals surface area contributed by atoms with E-state index in [1.165, 1.54) is 0 Å². The van der Waals surface area contributed by atoms with E-state index in [0.717, 1.165) is 11.1 Å². The van der Waals surface area contributed by atoms with Crippen molar-refractivity contribution in [3.8, 4) is 0 Å². The number of aryl methyl sites for hydroxylation is 2. The summed E-state index contributed by atoms with van der Waals surface area (Å²) in [5.74, 6) is 1.56. The van der Waals surface area contributed by atoms with Gasteiger partial charge in [0.1, 0.15) is 11.5 Å². The number of carbonyl (C=O) groups excluding carboxylic acids is 1. The third kappa shape index (κ3) is 5.02. The van der Waals surface area contributed by atoms with E-state index >= 15 is 0 Å². The number of pyridine rings is 1. The number of ketones is 1. The SMILES string of the molecule is Cc1cccc(/C=N/Nc2nc(N3CCOCC3)nc3c2nc(C)n3CC(=O)c2ccccn2)c1. The van der Waals surface area contributed by atoms with Gasteiger partial charge in [-0.05, 0) is 31.5 Å². The van der Waals surface area contributed by atoms with Crippen LogP contribution in [0.3, 0.4) is 0 Å². The highest BCUT2D eigenvalue weighted by molar-refractivity contribution is 5.95. The van der Waals surface area contributed by atoms with Crippen molar-refractivity contribution in [3.05, 3.63) is 71.3 Å². The van der Waals surface area contributed by atoms with Crippen LogP contribution in [0.4, 0.5) is 11.8 Å². The van der Waals surface area contributed by atoms with Crippen LogP contribution in [0.15, 0.2) is 53.8 Å². The molecule has 0 unspecified atom stereocenters. The highest BCUT2D eigenvalue weighted by atomic mass is 16.5. The molecule has 1 aliphatic rings. The molecule has 178 valence electrons. The number of Topliss-reactive ketones (excluding diaryl/α,β-unsaturated/α-hetero) is 1. The summed E-state index contributed by atoms with van der Waals surface area (Å²) in [6.07, 6.45) is 3.35. The number of rotatable bonds is 7. The fraction of sp³-hybridized carbons (Fsp3) is 0.280. The number of ether oxygens (including phenoxy) is 1. The maximum Gasteiger partial charge on any atom is 0.229 e. The van der Waals surface area contributed by atoms with Gasteiger partial charge in [-0.2, -0.15) is 15.1 Å². The monoisotopic (exact) mass is 470 g/mol. The zero-order valence-corrected chi connectivity index (χ0v) is 19.7. The van der Waals surface area contributed by atoms with Gasteiger partial charge in [0.25, 0.3) is 0 Å². The van der Waals surface area contributed by atoms with Gasteiger partial charge in [0.15, 0.2) is 17.0 Å². The summed E-state index contributed by atoms with van der Waals surface area (Å²) in [6.45, 7) is 6.52. The van der Waals surface area contributed by atoms with E-state index in [9.17, 15) is 4.79 Å². The summed E-state index contributed by atoms with van der Waals surface area (Å²) < 4.78 is 7.29. The average Bonchev–Trinajstić information content (AvgIpc) is 3.20. The van der Waals surface area contributed by atoms with Gasteiger partial charge in [0, 0.05) is 19.3 Å². The van der Waals surface area contributed by atoms with Crippen LogP contribution in [0.25, 0.3) is 11.2 Å². The largest absolute Gasteiger partial charge is 0.378 e. The topological polar surface area (TPSA) is 110 Å².